The lowest BCUT2D eigenvalue weighted by Gasteiger charge is -2.09. The van der Waals surface area contributed by atoms with Crippen LogP contribution in [-0.4, -0.2) is 10.1 Å². The van der Waals surface area contributed by atoms with E-state index < -0.39 is 0 Å². The molecule has 1 N–H and O–H groups in total. The summed E-state index contributed by atoms with van der Waals surface area (Å²) >= 11 is 0. The summed E-state index contributed by atoms with van der Waals surface area (Å²) < 4.78 is 0. The third kappa shape index (κ3) is 6.86. The lowest BCUT2D eigenvalue weighted by atomic mass is 10.0. The Morgan fingerprint density at radius 1 is 0.700 bits per heavy atom. The highest BCUT2D eigenvalue weighted by Crippen LogP contribution is 2.29. The second-order valence-electron chi connectivity index (χ2n) is 8.54. The molecule has 3 rings (SSSR count). The molecule has 1 heterocycles. The average molecular weight is 404 g/mol. The predicted octanol–water partition coefficient (Wildman–Crippen LogP) is 7.99. The molecule has 1 aromatic heterocycles. The van der Waals surface area contributed by atoms with Gasteiger partial charge in [0.25, 0.3) is 0 Å². The van der Waals surface area contributed by atoms with Crippen LogP contribution in [0.1, 0.15) is 88.0 Å². The van der Waals surface area contributed by atoms with Gasteiger partial charge in [0.15, 0.2) is 0 Å². The second kappa shape index (κ2) is 12.4. The third-order valence-electron chi connectivity index (χ3n) is 6.00. The zero-order chi connectivity index (χ0) is 21.0. The number of nitrogens with zero attached hydrogens (tertiary/aromatic N) is 1. The number of pyridine rings is 1. The Morgan fingerprint density at radius 3 is 2.03 bits per heavy atom. The lowest BCUT2D eigenvalue weighted by molar-refractivity contribution is 0.470. The van der Waals surface area contributed by atoms with E-state index in [0.29, 0.717) is 5.75 Å². The lowest BCUT2D eigenvalue weighted by Crippen LogP contribution is -1.95. The summed E-state index contributed by atoms with van der Waals surface area (Å²) in [6, 6.07) is 18.7. The van der Waals surface area contributed by atoms with Crippen molar-refractivity contribution in [2.45, 2.75) is 84.0 Å². The molecule has 0 unspecified atom stereocenters. The molecule has 0 saturated heterocycles. The molecular weight excluding hydrogens is 366 g/mol. The summed E-state index contributed by atoms with van der Waals surface area (Å²) in [6.07, 6.45) is 15.0. The molecule has 0 aliphatic heterocycles. The smallest absolute Gasteiger partial charge is 0.144 e. The molecule has 0 amide bonds. The number of unbranched alkanes of at least 4 members (excludes halogenated alkanes) is 9. The Hall–Kier alpha value is -2.35. The fourth-order valence-corrected chi connectivity index (χ4v) is 4.16. The van der Waals surface area contributed by atoms with E-state index in [1.54, 1.807) is 0 Å². The van der Waals surface area contributed by atoms with E-state index in [1.807, 2.05) is 6.07 Å². The summed E-state index contributed by atoms with van der Waals surface area (Å²) in [6.45, 7) is 2.27. The van der Waals surface area contributed by atoms with Gasteiger partial charge in [0.1, 0.15) is 11.3 Å². The Balaban J connectivity index is 1.48. The maximum Gasteiger partial charge on any atom is 0.144 e. The van der Waals surface area contributed by atoms with Gasteiger partial charge in [0.2, 0.25) is 0 Å². The van der Waals surface area contributed by atoms with Gasteiger partial charge in [0.05, 0.1) is 0 Å². The number of phenols is 1. The van der Waals surface area contributed by atoms with Crippen molar-refractivity contribution in [3.8, 4) is 5.75 Å². The fraction of sp³-hybridized carbons (Fsp3) is 0.464. The monoisotopic (exact) mass is 403 g/mol. The van der Waals surface area contributed by atoms with Crippen molar-refractivity contribution in [1.82, 2.24) is 4.98 Å². The van der Waals surface area contributed by atoms with E-state index in [-0.39, 0.29) is 0 Å². The Bertz CT molecular complexity index is 888. The average Bonchev–Trinajstić information content (AvgIpc) is 2.77. The van der Waals surface area contributed by atoms with Crippen LogP contribution in [0.25, 0.3) is 10.9 Å². The number of hydrogen-bond acceptors (Lipinski definition) is 2. The highest BCUT2D eigenvalue weighted by atomic mass is 16.3. The van der Waals surface area contributed by atoms with Gasteiger partial charge in [-0.3, -0.25) is 0 Å². The van der Waals surface area contributed by atoms with E-state index in [0.717, 1.165) is 41.4 Å². The topological polar surface area (TPSA) is 33.1 Å². The van der Waals surface area contributed by atoms with Gasteiger partial charge in [0, 0.05) is 17.5 Å². The van der Waals surface area contributed by atoms with E-state index >= 15 is 0 Å². The summed E-state index contributed by atoms with van der Waals surface area (Å²) in [5, 5.41) is 11.8. The number of aromatic nitrogens is 1. The summed E-state index contributed by atoms with van der Waals surface area (Å²) in [5.74, 6) is 0.373. The molecule has 0 aliphatic carbocycles. The SMILES string of the molecule is CCCCCCCCCCCCc1ccc2ccc(Cc3ccccc3)nc2c1O. The van der Waals surface area contributed by atoms with Crippen molar-refractivity contribution in [3.63, 3.8) is 0 Å². The first kappa shape index (κ1) is 22.3. The normalized spacial score (nSPS) is 11.2. The molecule has 0 atom stereocenters. The molecule has 0 aliphatic rings. The summed E-state index contributed by atoms with van der Waals surface area (Å²) in [7, 11) is 0. The van der Waals surface area contributed by atoms with Gasteiger partial charge in [-0.05, 0) is 30.0 Å². The van der Waals surface area contributed by atoms with Crippen molar-refractivity contribution >= 4 is 10.9 Å². The molecule has 0 radical (unpaired) electrons. The van der Waals surface area contributed by atoms with Gasteiger partial charge in [-0.15, -0.1) is 0 Å². The highest BCUT2D eigenvalue weighted by molar-refractivity contribution is 5.85. The molecule has 3 aromatic rings. The van der Waals surface area contributed by atoms with Crippen molar-refractivity contribution in [1.29, 1.82) is 0 Å². The predicted molar refractivity (Wildman–Crippen MR) is 128 cm³/mol. The number of aryl methyl sites for hydroxylation is 1. The molecule has 2 nitrogen and oxygen atoms in total. The van der Waals surface area contributed by atoms with Crippen LogP contribution >= 0.6 is 0 Å². The van der Waals surface area contributed by atoms with Crippen molar-refractivity contribution < 1.29 is 5.11 Å². The third-order valence-corrected chi connectivity index (χ3v) is 6.00. The van der Waals surface area contributed by atoms with E-state index in [4.69, 9.17) is 4.98 Å². The maximum atomic E-state index is 10.8. The van der Waals surface area contributed by atoms with Crippen molar-refractivity contribution in [3.05, 3.63) is 71.4 Å². The number of benzene rings is 2. The first-order chi connectivity index (χ1) is 14.8. The maximum absolute atomic E-state index is 10.8. The van der Waals surface area contributed by atoms with Gasteiger partial charge in [-0.1, -0.05) is 113 Å². The molecule has 2 heteroatoms. The van der Waals surface area contributed by atoms with Crippen molar-refractivity contribution in [2.24, 2.45) is 0 Å². The number of hydrogen-bond donors (Lipinski definition) is 1. The minimum absolute atomic E-state index is 0.373. The summed E-state index contributed by atoms with van der Waals surface area (Å²) in [5.41, 5.74) is 4.02. The second-order valence-corrected chi connectivity index (χ2v) is 8.54. The van der Waals surface area contributed by atoms with Gasteiger partial charge < -0.3 is 5.11 Å². The number of phenolic OH excluding ortho intramolecular Hbond substituents is 1. The quantitative estimate of drug-likeness (QED) is 0.293. The Kier molecular flexibility index (Phi) is 9.21. The first-order valence-electron chi connectivity index (χ1n) is 11.9. The largest absolute Gasteiger partial charge is 0.505 e. The van der Waals surface area contributed by atoms with E-state index in [9.17, 15) is 5.11 Å². The minimum Gasteiger partial charge on any atom is -0.505 e. The molecule has 0 fully saturated rings. The molecule has 0 bridgehead atoms. The molecule has 160 valence electrons. The van der Waals surface area contributed by atoms with Crippen molar-refractivity contribution in [2.75, 3.05) is 0 Å². The van der Waals surface area contributed by atoms with Crippen LogP contribution in [0.5, 0.6) is 5.75 Å². The van der Waals surface area contributed by atoms with E-state index in [1.165, 1.54) is 63.4 Å². The molecular formula is C28H37NO. The minimum atomic E-state index is 0.373. The van der Waals surface area contributed by atoms with Crippen LogP contribution < -0.4 is 0 Å². The fourth-order valence-electron chi connectivity index (χ4n) is 4.16. The van der Waals surface area contributed by atoms with Crippen LogP contribution in [0.3, 0.4) is 0 Å². The molecule has 0 saturated carbocycles. The van der Waals surface area contributed by atoms with Crippen LogP contribution in [0.2, 0.25) is 0 Å². The van der Waals surface area contributed by atoms with Gasteiger partial charge in [-0.25, -0.2) is 4.98 Å². The highest BCUT2D eigenvalue weighted by Gasteiger charge is 2.09. The Morgan fingerprint density at radius 2 is 1.33 bits per heavy atom. The van der Waals surface area contributed by atoms with Crippen LogP contribution in [-0.2, 0) is 12.8 Å². The van der Waals surface area contributed by atoms with E-state index in [2.05, 4.69) is 55.5 Å². The molecule has 2 aromatic carbocycles. The van der Waals surface area contributed by atoms with Gasteiger partial charge >= 0.3 is 0 Å². The van der Waals surface area contributed by atoms with Crippen LogP contribution in [0.15, 0.2) is 54.6 Å². The van der Waals surface area contributed by atoms with Gasteiger partial charge in [-0.2, -0.15) is 0 Å². The molecule has 30 heavy (non-hydrogen) atoms. The number of aromatic hydroxyl groups is 1. The number of fused-ring (bicyclic) bond motifs is 1. The summed E-state index contributed by atoms with van der Waals surface area (Å²) in [4.78, 5) is 4.78. The zero-order valence-corrected chi connectivity index (χ0v) is 18.6. The first-order valence-corrected chi connectivity index (χ1v) is 11.9. The standard InChI is InChI=1S/C28H37NO/c1-2-3-4-5-6-7-8-9-10-14-17-25-19-18-24-20-21-26(29-27(24)28(25)30)22-23-15-12-11-13-16-23/h11-13,15-16,18-21,30H,2-10,14,17,22H2,1H3. The van der Waals surface area contributed by atoms with Crippen LogP contribution in [0.4, 0.5) is 0 Å². The zero-order valence-electron chi connectivity index (χ0n) is 18.6. The Labute approximate surface area is 182 Å². The number of rotatable bonds is 13. The molecule has 0 spiro atoms. The van der Waals surface area contributed by atoms with Crippen LogP contribution in [0, 0.1) is 0 Å².